The van der Waals surface area contributed by atoms with Gasteiger partial charge in [0, 0.05) is 43.0 Å². The Morgan fingerprint density at radius 1 is 0.732 bits per heavy atom. The molecule has 1 N–H and O–H groups in total. The van der Waals surface area contributed by atoms with E-state index in [1.807, 2.05) is 48.5 Å². The summed E-state index contributed by atoms with van der Waals surface area (Å²) in [6, 6.07) is 21.7. The highest BCUT2D eigenvalue weighted by molar-refractivity contribution is 6.19. The number of carbonyl (C=O) groups excluding carboxylic acids is 6. The Morgan fingerprint density at radius 3 is 1.82 bits per heavy atom. The molecule has 5 saturated heterocycles. The minimum atomic E-state index is -1.86. The van der Waals surface area contributed by atoms with Crippen molar-refractivity contribution in [2.24, 2.45) is 0 Å². The first kappa shape index (κ1) is 35.2. The summed E-state index contributed by atoms with van der Waals surface area (Å²) in [4.78, 5) is 106. The monoisotopic (exact) mass is 755 g/mol. The highest BCUT2D eigenvalue weighted by Gasteiger charge is 2.71. The van der Waals surface area contributed by atoms with Gasteiger partial charge in [0.05, 0.1) is 31.0 Å². The smallest absolute Gasteiger partial charge is 0.330 e. The summed E-state index contributed by atoms with van der Waals surface area (Å²) in [6.45, 7) is 3.84. The van der Waals surface area contributed by atoms with E-state index < -0.39 is 89.7 Å². The minimum absolute atomic E-state index is 0.0436. The van der Waals surface area contributed by atoms with E-state index in [1.54, 1.807) is 36.4 Å². The highest BCUT2D eigenvalue weighted by Crippen LogP contribution is 2.51. The average molecular weight is 756 g/mol. The second-order valence-corrected chi connectivity index (χ2v) is 15.2. The van der Waals surface area contributed by atoms with Crippen LogP contribution >= 0.6 is 0 Å². The summed E-state index contributed by atoms with van der Waals surface area (Å²) in [6.07, 6.45) is -0.399. The molecule has 0 saturated carbocycles. The van der Waals surface area contributed by atoms with Crippen LogP contribution < -0.4 is 9.80 Å². The van der Waals surface area contributed by atoms with E-state index in [2.05, 4.69) is 6.58 Å². The molecule has 0 bridgehead atoms. The number of amides is 5. The molecule has 5 aliphatic rings. The molecule has 5 amide bonds. The van der Waals surface area contributed by atoms with Crippen LogP contribution in [0, 0.1) is 0 Å². The third-order valence-corrected chi connectivity index (χ3v) is 12.3. The molecule has 284 valence electrons. The number of carbonyl (C=O) groups is 7. The second kappa shape index (κ2) is 12.5. The Morgan fingerprint density at radius 2 is 1.27 bits per heavy atom. The van der Waals surface area contributed by atoms with Crippen molar-refractivity contribution < 1.29 is 43.4 Å². The lowest BCUT2D eigenvalue weighted by Gasteiger charge is -2.49. The molecule has 9 rings (SSSR count). The number of piperazine rings is 2. The number of fused-ring (bicyclic) bond motifs is 4. The zero-order chi connectivity index (χ0) is 39.3. The maximum absolute atomic E-state index is 15.4. The molecule has 3 unspecified atom stereocenters. The summed E-state index contributed by atoms with van der Waals surface area (Å²) >= 11 is 0. The number of ether oxygens (including phenoxy) is 1. The van der Waals surface area contributed by atoms with E-state index in [1.165, 1.54) is 26.5 Å². The van der Waals surface area contributed by atoms with Crippen LogP contribution in [0.25, 0.3) is 21.5 Å². The standard InChI is InChI=1S/C42H37N5O9/c1-3-35(49)56-27-18-32-36(50)46(30-16-8-12-25-10-4-6-14-28(25)30)41(39(54)43(32)21-27)19-33-37(51)47(31-17-9-13-26-11-5-7-15-29(26)31)42(40(55)45(33)23-41)20-34(38(52)53)44(22-42)24(2)48/h3-17,27,32-34H,1,18-23H2,2H3,(H,52,53)/t27-,32+,33+,34?,41?,42?/m1/s1. The van der Waals surface area contributed by atoms with Crippen molar-refractivity contribution in [2.45, 2.75) is 61.5 Å². The van der Waals surface area contributed by atoms with Gasteiger partial charge in [-0.15, -0.1) is 0 Å². The van der Waals surface area contributed by atoms with E-state index in [9.17, 15) is 19.5 Å². The number of nitrogens with zero attached hydrogens (tertiary/aromatic N) is 5. The van der Waals surface area contributed by atoms with Gasteiger partial charge in [-0.3, -0.25) is 33.8 Å². The first-order valence-corrected chi connectivity index (χ1v) is 18.5. The number of rotatable bonds is 5. The molecule has 5 heterocycles. The third-order valence-electron chi connectivity index (χ3n) is 12.3. The third kappa shape index (κ3) is 4.83. The van der Waals surface area contributed by atoms with Gasteiger partial charge < -0.3 is 24.5 Å². The second-order valence-electron chi connectivity index (χ2n) is 15.2. The number of carboxylic acid groups (broad SMARTS) is 1. The summed E-state index contributed by atoms with van der Waals surface area (Å²) in [5.74, 6) is -4.74. The largest absolute Gasteiger partial charge is 0.480 e. The molecule has 4 aromatic carbocycles. The minimum Gasteiger partial charge on any atom is -0.480 e. The quantitative estimate of drug-likeness (QED) is 0.238. The Kier molecular flexibility index (Phi) is 7.83. The van der Waals surface area contributed by atoms with Crippen molar-refractivity contribution in [1.29, 1.82) is 0 Å². The molecule has 5 fully saturated rings. The van der Waals surface area contributed by atoms with Gasteiger partial charge in [0.25, 0.3) is 23.6 Å². The molecule has 14 nitrogen and oxygen atoms in total. The average Bonchev–Trinajstić information content (AvgIpc) is 3.93. The van der Waals surface area contributed by atoms with Crippen LogP contribution in [0.3, 0.4) is 0 Å². The zero-order valence-corrected chi connectivity index (χ0v) is 30.4. The molecule has 2 spiro atoms. The fraction of sp³-hybridized carbons (Fsp3) is 0.310. The number of esters is 1. The van der Waals surface area contributed by atoms with Crippen LogP contribution in [0.5, 0.6) is 0 Å². The topological polar surface area (TPSA) is 165 Å². The summed E-state index contributed by atoms with van der Waals surface area (Å²) in [5.41, 5.74) is -2.86. The van der Waals surface area contributed by atoms with Gasteiger partial charge in [-0.05, 0) is 22.9 Å². The van der Waals surface area contributed by atoms with Gasteiger partial charge in [-0.1, -0.05) is 79.4 Å². The molecule has 0 aromatic heterocycles. The Hall–Kier alpha value is -6.57. The van der Waals surface area contributed by atoms with Gasteiger partial charge in [-0.2, -0.15) is 0 Å². The maximum atomic E-state index is 15.4. The number of benzene rings is 4. The molecule has 0 aliphatic carbocycles. The molecule has 0 radical (unpaired) electrons. The van der Waals surface area contributed by atoms with Crippen LogP contribution in [0.15, 0.2) is 97.6 Å². The van der Waals surface area contributed by atoms with Crippen LogP contribution in [0.1, 0.15) is 26.2 Å². The summed E-state index contributed by atoms with van der Waals surface area (Å²) in [7, 11) is 0. The number of carboxylic acids is 1. The number of aliphatic carboxylic acids is 1. The molecular weight excluding hydrogens is 718 g/mol. The van der Waals surface area contributed by atoms with Crippen molar-refractivity contribution in [3.63, 3.8) is 0 Å². The normalized spacial score (nSPS) is 28.5. The van der Waals surface area contributed by atoms with E-state index >= 15 is 19.2 Å². The SMILES string of the molecule is C=CC(=O)O[C@@H]1C[C@H]2C(=O)N(c3cccc4ccccc34)C3(C[C@H]4C(=O)N(c5cccc6ccccc56)C5(CC(C(=O)O)N(C(C)=O)C5)C(=O)N4C3)C(=O)N2C1. The Balaban J connectivity index is 1.23. The lowest BCUT2D eigenvalue weighted by Crippen LogP contribution is -2.73. The summed E-state index contributed by atoms with van der Waals surface area (Å²) in [5, 5.41) is 13.2. The van der Waals surface area contributed by atoms with Gasteiger partial charge in [0.1, 0.15) is 35.3 Å². The Labute approximate surface area is 320 Å². The van der Waals surface area contributed by atoms with Crippen molar-refractivity contribution in [3.8, 4) is 0 Å². The van der Waals surface area contributed by atoms with Crippen LogP contribution in [0.2, 0.25) is 0 Å². The predicted octanol–water partition coefficient (Wildman–Crippen LogP) is 2.87. The van der Waals surface area contributed by atoms with Crippen molar-refractivity contribution >= 4 is 74.4 Å². The van der Waals surface area contributed by atoms with Crippen LogP contribution in [-0.2, 0) is 38.3 Å². The molecule has 14 heteroatoms. The molecule has 5 aliphatic heterocycles. The van der Waals surface area contributed by atoms with E-state index in [-0.39, 0.29) is 25.9 Å². The Bertz CT molecular complexity index is 2420. The van der Waals surface area contributed by atoms with Gasteiger partial charge in [-0.25, -0.2) is 9.59 Å². The van der Waals surface area contributed by atoms with E-state index in [0.29, 0.717) is 22.1 Å². The van der Waals surface area contributed by atoms with Gasteiger partial charge in [0.15, 0.2) is 0 Å². The molecule has 56 heavy (non-hydrogen) atoms. The van der Waals surface area contributed by atoms with Gasteiger partial charge in [0.2, 0.25) is 5.91 Å². The summed E-state index contributed by atoms with van der Waals surface area (Å²) < 4.78 is 5.53. The number of hydrogen-bond donors (Lipinski definition) is 1. The van der Waals surface area contributed by atoms with Crippen molar-refractivity contribution in [3.05, 3.63) is 97.6 Å². The maximum Gasteiger partial charge on any atom is 0.330 e. The van der Waals surface area contributed by atoms with E-state index in [4.69, 9.17) is 4.74 Å². The molecule has 6 atom stereocenters. The predicted molar refractivity (Wildman–Crippen MR) is 202 cm³/mol. The highest BCUT2D eigenvalue weighted by atomic mass is 16.5. The first-order valence-electron chi connectivity index (χ1n) is 18.5. The first-order chi connectivity index (χ1) is 26.9. The van der Waals surface area contributed by atoms with Gasteiger partial charge >= 0.3 is 11.9 Å². The van der Waals surface area contributed by atoms with Crippen molar-refractivity contribution in [1.82, 2.24) is 14.7 Å². The van der Waals surface area contributed by atoms with Crippen LogP contribution in [-0.4, -0.2) is 116 Å². The number of anilines is 2. The number of hydrogen-bond acceptors (Lipinski definition) is 8. The lowest BCUT2D eigenvalue weighted by molar-refractivity contribution is -0.151. The van der Waals surface area contributed by atoms with E-state index in [0.717, 1.165) is 21.7 Å². The van der Waals surface area contributed by atoms with Crippen LogP contribution in [0.4, 0.5) is 11.4 Å². The molecule has 4 aromatic rings. The van der Waals surface area contributed by atoms with Crippen molar-refractivity contribution in [2.75, 3.05) is 29.4 Å². The number of likely N-dealkylation sites (tertiary alicyclic amines) is 1. The zero-order valence-electron chi connectivity index (χ0n) is 30.4. The molecular formula is C42H37N5O9. The lowest BCUT2D eigenvalue weighted by atomic mass is 9.84. The fourth-order valence-electron chi connectivity index (χ4n) is 9.90. The fourth-order valence-corrected chi connectivity index (χ4v) is 9.90.